The number of piperidine rings is 1. The summed E-state index contributed by atoms with van der Waals surface area (Å²) in [4.78, 5) is 12.6. The highest BCUT2D eigenvalue weighted by Gasteiger charge is 2.25. The zero-order valence-electron chi connectivity index (χ0n) is 11.6. The maximum Gasteiger partial charge on any atom is 0.220 e. The second kappa shape index (κ2) is 7.24. The smallest absolute Gasteiger partial charge is 0.220 e. The second-order valence-corrected chi connectivity index (χ2v) is 5.33. The molecule has 2 rings (SSSR count). The predicted octanol–water partition coefficient (Wildman–Crippen LogP) is 0.375. The summed E-state index contributed by atoms with van der Waals surface area (Å²) < 4.78 is 18.3. The van der Waals surface area contributed by atoms with E-state index in [1.54, 1.807) is 12.1 Å². The number of halogens is 1. The zero-order valence-corrected chi connectivity index (χ0v) is 11.6. The summed E-state index contributed by atoms with van der Waals surface area (Å²) >= 11 is 0. The van der Waals surface area contributed by atoms with Gasteiger partial charge >= 0.3 is 0 Å². The van der Waals surface area contributed by atoms with Crippen LogP contribution in [0.4, 0.5) is 4.39 Å². The number of hydrogen-bond donors (Lipinski definition) is 2. The maximum atomic E-state index is 12.7. The van der Waals surface area contributed by atoms with Crippen LogP contribution in [0.5, 0.6) is 5.75 Å². The number of hydrogen-bond acceptors (Lipinski definition) is 2. The van der Waals surface area contributed by atoms with Crippen LogP contribution in [-0.4, -0.2) is 32.1 Å². The van der Waals surface area contributed by atoms with Crippen LogP contribution < -0.4 is 15.4 Å². The summed E-state index contributed by atoms with van der Waals surface area (Å²) in [6, 6.07) is 6.07. The Labute approximate surface area is 118 Å². The van der Waals surface area contributed by atoms with E-state index in [-0.39, 0.29) is 17.6 Å². The van der Waals surface area contributed by atoms with Crippen molar-refractivity contribution in [2.75, 3.05) is 26.2 Å². The Hall–Kier alpha value is -1.62. The molecule has 0 spiro atoms. The molecule has 0 aromatic heterocycles. The van der Waals surface area contributed by atoms with Crippen molar-refractivity contribution in [1.29, 1.82) is 0 Å². The number of rotatable bonds is 6. The molecule has 0 radical (unpaired) electrons. The number of nitrogens with one attached hydrogen (secondary N) is 1. The molecule has 0 aliphatic carbocycles. The van der Waals surface area contributed by atoms with E-state index < -0.39 is 0 Å². The van der Waals surface area contributed by atoms with Gasteiger partial charge in [-0.05, 0) is 24.3 Å². The number of nitrogens with two attached hydrogens (primary N) is 1. The van der Waals surface area contributed by atoms with Crippen LogP contribution in [0.2, 0.25) is 0 Å². The van der Waals surface area contributed by atoms with E-state index in [1.165, 1.54) is 17.0 Å². The topological polar surface area (TPSA) is 56.8 Å². The van der Waals surface area contributed by atoms with Gasteiger partial charge in [-0.2, -0.15) is 0 Å². The van der Waals surface area contributed by atoms with Gasteiger partial charge in [0.05, 0.1) is 26.2 Å². The Morgan fingerprint density at radius 2 is 1.95 bits per heavy atom. The van der Waals surface area contributed by atoms with Crippen LogP contribution >= 0.6 is 0 Å². The van der Waals surface area contributed by atoms with E-state index in [0.717, 1.165) is 38.9 Å². The molecule has 4 nitrogen and oxygen atoms in total. The summed E-state index contributed by atoms with van der Waals surface area (Å²) in [5, 5.41) is 0. The maximum absolute atomic E-state index is 12.7. The van der Waals surface area contributed by atoms with Crippen LogP contribution in [0.15, 0.2) is 24.3 Å². The first-order valence-corrected chi connectivity index (χ1v) is 7.16. The Kier molecular flexibility index (Phi) is 5.35. The highest BCUT2D eigenvalue weighted by atomic mass is 19.1. The van der Waals surface area contributed by atoms with Crippen molar-refractivity contribution in [3.05, 3.63) is 30.1 Å². The van der Waals surface area contributed by atoms with Gasteiger partial charge in [-0.3, -0.25) is 4.79 Å². The first-order chi connectivity index (χ1) is 9.65. The van der Waals surface area contributed by atoms with Crippen molar-refractivity contribution in [3.8, 4) is 5.75 Å². The molecule has 1 heterocycles. The molecule has 1 amide bonds. The van der Waals surface area contributed by atoms with Crippen molar-refractivity contribution in [3.63, 3.8) is 0 Å². The van der Waals surface area contributed by atoms with Gasteiger partial charge in [-0.15, -0.1) is 0 Å². The molecular formula is C15H22FN2O2+. The number of carbonyl (C=O) groups excluding carboxylic acids is 1. The van der Waals surface area contributed by atoms with Gasteiger partial charge in [-0.25, -0.2) is 4.39 Å². The van der Waals surface area contributed by atoms with Gasteiger partial charge in [0, 0.05) is 25.2 Å². The van der Waals surface area contributed by atoms with E-state index >= 15 is 0 Å². The molecule has 5 heteroatoms. The summed E-state index contributed by atoms with van der Waals surface area (Å²) in [6.45, 7) is 3.68. The Morgan fingerprint density at radius 3 is 2.55 bits per heavy atom. The zero-order chi connectivity index (χ0) is 14.4. The number of amides is 1. The van der Waals surface area contributed by atoms with E-state index in [2.05, 4.69) is 0 Å². The summed E-state index contributed by atoms with van der Waals surface area (Å²) in [5.41, 5.74) is 5.31. The fourth-order valence-electron chi connectivity index (χ4n) is 2.60. The number of likely N-dealkylation sites (tertiary alicyclic amines) is 1. The van der Waals surface area contributed by atoms with Gasteiger partial charge < -0.3 is 15.4 Å². The molecule has 1 aromatic carbocycles. The molecule has 1 aliphatic heterocycles. The number of benzene rings is 1. The molecule has 0 saturated carbocycles. The summed E-state index contributed by atoms with van der Waals surface area (Å²) in [7, 11) is 0. The number of ether oxygens (including phenoxy) is 1. The number of quaternary nitrogens is 1. The fourth-order valence-corrected chi connectivity index (χ4v) is 2.60. The molecule has 0 bridgehead atoms. The van der Waals surface area contributed by atoms with Gasteiger partial charge in [-0.1, -0.05) is 0 Å². The molecule has 1 saturated heterocycles. The number of primary amides is 1. The van der Waals surface area contributed by atoms with Crippen LogP contribution in [0, 0.1) is 11.7 Å². The molecular weight excluding hydrogens is 259 g/mol. The van der Waals surface area contributed by atoms with Gasteiger partial charge in [0.15, 0.2) is 0 Å². The van der Waals surface area contributed by atoms with Crippen LogP contribution in [0.3, 0.4) is 0 Å². The Morgan fingerprint density at radius 1 is 1.30 bits per heavy atom. The van der Waals surface area contributed by atoms with Crippen molar-refractivity contribution in [2.45, 2.75) is 19.3 Å². The van der Waals surface area contributed by atoms with E-state index in [1.807, 2.05) is 0 Å². The van der Waals surface area contributed by atoms with Crippen LogP contribution in [-0.2, 0) is 4.79 Å². The molecule has 20 heavy (non-hydrogen) atoms. The quantitative estimate of drug-likeness (QED) is 0.741. The summed E-state index contributed by atoms with van der Waals surface area (Å²) in [5.74, 6) is 0.353. The van der Waals surface area contributed by atoms with Crippen molar-refractivity contribution >= 4 is 5.91 Å². The highest BCUT2D eigenvalue weighted by molar-refractivity contribution is 5.76. The average molecular weight is 281 g/mol. The minimum atomic E-state index is -0.251. The molecule has 1 aromatic rings. The van der Waals surface area contributed by atoms with Gasteiger partial charge in [0.25, 0.3) is 0 Å². The van der Waals surface area contributed by atoms with Crippen LogP contribution in [0.1, 0.15) is 19.3 Å². The normalized spacial score (nSPS) is 22.4. The first-order valence-electron chi connectivity index (χ1n) is 7.16. The van der Waals surface area contributed by atoms with E-state index in [4.69, 9.17) is 10.5 Å². The lowest BCUT2D eigenvalue weighted by molar-refractivity contribution is -0.906. The molecule has 1 fully saturated rings. The predicted molar refractivity (Wildman–Crippen MR) is 74.0 cm³/mol. The molecule has 3 N–H and O–H groups in total. The van der Waals surface area contributed by atoms with Gasteiger partial charge in [0.2, 0.25) is 5.91 Å². The highest BCUT2D eigenvalue weighted by Crippen LogP contribution is 2.11. The molecule has 1 aliphatic rings. The van der Waals surface area contributed by atoms with E-state index in [9.17, 15) is 9.18 Å². The molecule has 0 unspecified atom stereocenters. The third-order valence-electron chi connectivity index (χ3n) is 3.85. The Balaban J connectivity index is 1.60. The minimum absolute atomic E-state index is 0.0641. The lowest BCUT2D eigenvalue weighted by Gasteiger charge is -2.27. The third kappa shape index (κ3) is 4.49. The lowest BCUT2D eigenvalue weighted by Crippen LogP contribution is -3.13. The Bertz CT molecular complexity index is 428. The number of carbonyl (C=O) groups is 1. The third-order valence-corrected chi connectivity index (χ3v) is 3.85. The lowest BCUT2D eigenvalue weighted by atomic mass is 9.96. The van der Waals surface area contributed by atoms with Crippen molar-refractivity contribution < 1.29 is 18.8 Å². The van der Waals surface area contributed by atoms with E-state index in [0.29, 0.717) is 12.4 Å². The minimum Gasteiger partial charge on any atom is -0.493 e. The van der Waals surface area contributed by atoms with Crippen molar-refractivity contribution in [1.82, 2.24) is 0 Å². The summed E-state index contributed by atoms with van der Waals surface area (Å²) in [6.07, 6.45) is 2.74. The largest absolute Gasteiger partial charge is 0.493 e. The van der Waals surface area contributed by atoms with Gasteiger partial charge in [0.1, 0.15) is 11.6 Å². The monoisotopic (exact) mass is 281 g/mol. The molecule has 110 valence electrons. The fraction of sp³-hybridized carbons (Fsp3) is 0.533. The average Bonchev–Trinajstić information content (AvgIpc) is 2.46. The first kappa shape index (κ1) is 14.8. The van der Waals surface area contributed by atoms with Crippen LogP contribution in [0.25, 0.3) is 0 Å². The van der Waals surface area contributed by atoms with Crippen molar-refractivity contribution in [2.24, 2.45) is 11.7 Å². The molecule has 0 atom stereocenters. The second-order valence-electron chi connectivity index (χ2n) is 5.33. The SMILES string of the molecule is NC(=O)C1CC[NH+](CCCOc2ccc(F)cc2)CC1. The standard InChI is InChI=1S/C15H21FN2O2/c16-13-2-4-14(5-3-13)20-11-1-8-18-9-6-12(7-10-18)15(17)19/h2-5,12H,1,6-11H2,(H2,17,19)/p+1.